The topological polar surface area (TPSA) is 55.1 Å². The van der Waals surface area contributed by atoms with Crippen LogP contribution >= 0.6 is 11.8 Å². The Bertz CT molecular complexity index is 568. The van der Waals surface area contributed by atoms with Crippen LogP contribution in [0.1, 0.15) is 10.4 Å². The summed E-state index contributed by atoms with van der Waals surface area (Å²) in [5.41, 5.74) is -0.329. The molecule has 0 saturated heterocycles. The first-order valence-corrected chi connectivity index (χ1v) is 5.57. The third-order valence-corrected chi connectivity index (χ3v) is 3.22. The number of carboxylic acids is 1. The maximum Gasteiger partial charge on any atom is 0.338 e. The molecule has 6 heteroatoms. The van der Waals surface area contributed by atoms with Crippen molar-refractivity contribution in [2.24, 2.45) is 7.05 Å². The minimum absolute atomic E-state index is 0.329. The molecule has 0 radical (unpaired) electrons. The van der Waals surface area contributed by atoms with Crippen molar-refractivity contribution in [2.75, 3.05) is 0 Å². The lowest BCUT2D eigenvalue weighted by atomic mass is 10.2. The Hall–Kier alpha value is -1.82. The molecule has 0 spiro atoms. The van der Waals surface area contributed by atoms with Crippen LogP contribution in [-0.2, 0) is 7.05 Å². The van der Waals surface area contributed by atoms with Crippen LogP contribution in [0, 0.1) is 5.82 Å². The van der Waals surface area contributed by atoms with Gasteiger partial charge in [-0.1, -0.05) is 11.8 Å². The van der Waals surface area contributed by atoms with Gasteiger partial charge in [0.15, 0.2) is 5.16 Å². The molecule has 0 fully saturated rings. The van der Waals surface area contributed by atoms with Crippen LogP contribution in [0.25, 0.3) is 0 Å². The zero-order valence-corrected chi connectivity index (χ0v) is 9.74. The highest BCUT2D eigenvalue weighted by atomic mass is 32.2. The summed E-state index contributed by atoms with van der Waals surface area (Å²) >= 11 is 1.28. The molecule has 1 aromatic heterocycles. The van der Waals surface area contributed by atoms with E-state index >= 15 is 0 Å². The second-order valence-electron chi connectivity index (χ2n) is 3.37. The lowest BCUT2D eigenvalue weighted by molar-refractivity contribution is 0.0691. The smallest absolute Gasteiger partial charge is 0.338 e. The van der Waals surface area contributed by atoms with E-state index in [0.29, 0.717) is 10.1 Å². The summed E-state index contributed by atoms with van der Waals surface area (Å²) in [5.74, 6) is -2.01. The SMILES string of the molecule is Cn1ccnc1Sc1ccc(F)c(C(=O)O)c1. The van der Waals surface area contributed by atoms with Crippen LogP contribution in [0.15, 0.2) is 40.6 Å². The Morgan fingerprint density at radius 2 is 2.29 bits per heavy atom. The molecule has 17 heavy (non-hydrogen) atoms. The number of carboxylic acid groups (broad SMARTS) is 1. The average molecular weight is 252 g/mol. The third-order valence-electron chi connectivity index (χ3n) is 2.15. The molecule has 4 nitrogen and oxygen atoms in total. The number of benzene rings is 1. The first-order valence-electron chi connectivity index (χ1n) is 4.76. The molecule has 0 bridgehead atoms. The van der Waals surface area contributed by atoms with Crippen molar-refractivity contribution < 1.29 is 14.3 Å². The molecule has 88 valence electrons. The second kappa shape index (κ2) is 4.58. The van der Waals surface area contributed by atoms with Gasteiger partial charge in [0.05, 0.1) is 5.56 Å². The van der Waals surface area contributed by atoms with E-state index < -0.39 is 11.8 Å². The molecule has 2 aromatic rings. The normalized spacial score (nSPS) is 10.5. The third kappa shape index (κ3) is 2.47. The number of imidazole rings is 1. The largest absolute Gasteiger partial charge is 0.478 e. The molecule has 0 atom stereocenters. The molecule has 2 rings (SSSR count). The predicted octanol–water partition coefficient (Wildman–Crippen LogP) is 2.41. The Balaban J connectivity index is 2.32. The zero-order chi connectivity index (χ0) is 12.4. The summed E-state index contributed by atoms with van der Waals surface area (Å²) in [6.45, 7) is 0. The Morgan fingerprint density at radius 1 is 1.53 bits per heavy atom. The summed E-state index contributed by atoms with van der Waals surface area (Å²) in [4.78, 5) is 15.5. The van der Waals surface area contributed by atoms with Crippen LogP contribution < -0.4 is 0 Å². The maximum atomic E-state index is 13.2. The fourth-order valence-electron chi connectivity index (χ4n) is 1.29. The standard InChI is InChI=1S/C11H9FN2O2S/c1-14-5-4-13-11(14)17-7-2-3-9(12)8(6-7)10(15)16/h2-6H,1H3,(H,15,16). The van der Waals surface area contributed by atoms with Gasteiger partial charge in [0.25, 0.3) is 0 Å². The van der Waals surface area contributed by atoms with Gasteiger partial charge in [-0.15, -0.1) is 0 Å². The van der Waals surface area contributed by atoms with Gasteiger partial charge in [-0.3, -0.25) is 0 Å². The quantitative estimate of drug-likeness (QED) is 0.911. The van der Waals surface area contributed by atoms with E-state index in [0.717, 1.165) is 6.07 Å². The summed E-state index contributed by atoms with van der Waals surface area (Å²) in [7, 11) is 1.83. The summed E-state index contributed by atoms with van der Waals surface area (Å²) in [6, 6.07) is 3.98. The van der Waals surface area contributed by atoms with Crippen LogP contribution in [0.2, 0.25) is 0 Å². The van der Waals surface area contributed by atoms with E-state index in [9.17, 15) is 9.18 Å². The highest BCUT2D eigenvalue weighted by Gasteiger charge is 2.12. The fraction of sp³-hybridized carbons (Fsp3) is 0.0909. The van der Waals surface area contributed by atoms with E-state index in [2.05, 4.69) is 4.98 Å². The van der Waals surface area contributed by atoms with Crippen molar-refractivity contribution in [3.8, 4) is 0 Å². The fourth-order valence-corrected chi connectivity index (χ4v) is 2.13. The molecule has 1 aromatic carbocycles. The number of nitrogens with zero attached hydrogens (tertiary/aromatic N) is 2. The summed E-state index contributed by atoms with van der Waals surface area (Å²) < 4.78 is 15.0. The van der Waals surface area contributed by atoms with Gasteiger partial charge >= 0.3 is 5.97 Å². The molecule has 1 N–H and O–H groups in total. The van der Waals surface area contributed by atoms with Gasteiger partial charge in [0.2, 0.25) is 0 Å². The predicted molar refractivity (Wildman–Crippen MR) is 60.7 cm³/mol. The Labute approximate surface area is 101 Å². The number of aromatic carboxylic acids is 1. The average Bonchev–Trinajstić information content (AvgIpc) is 2.67. The van der Waals surface area contributed by atoms with Crippen LogP contribution in [0.3, 0.4) is 0 Å². The van der Waals surface area contributed by atoms with Gasteiger partial charge in [0, 0.05) is 24.3 Å². The van der Waals surface area contributed by atoms with Crippen molar-refractivity contribution in [3.05, 3.63) is 42.0 Å². The molecule has 0 amide bonds. The summed E-state index contributed by atoms with van der Waals surface area (Å²) in [5, 5.41) is 9.52. The van der Waals surface area contributed by atoms with Gasteiger partial charge in [-0.2, -0.15) is 0 Å². The van der Waals surface area contributed by atoms with E-state index in [1.807, 2.05) is 7.05 Å². The second-order valence-corrected chi connectivity index (χ2v) is 4.41. The molecular formula is C11H9FN2O2S. The van der Waals surface area contributed by atoms with E-state index in [-0.39, 0.29) is 5.56 Å². The zero-order valence-electron chi connectivity index (χ0n) is 8.92. The highest BCUT2D eigenvalue weighted by Crippen LogP contribution is 2.27. The summed E-state index contributed by atoms with van der Waals surface area (Å²) in [6.07, 6.45) is 3.42. The van der Waals surface area contributed by atoms with Crippen LogP contribution in [0.4, 0.5) is 4.39 Å². The van der Waals surface area contributed by atoms with Crippen molar-refractivity contribution in [3.63, 3.8) is 0 Å². The first kappa shape index (κ1) is 11.7. The number of carbonyl (C=O) groups is 1. The molecule has 0 aliphatic rings. The van der Waals surface area contributed by atoms with Gasteiger partial charge in [0.1, 0.15) is 5.82 Å². The van der Waals surface area contributed by atoms with E-state index in [1.54, 1.807) is 17.0 Å². The van der Waals surface area contributed by atoms with Gasteiger partial charge in [-0.25, -0.2) is 14.2 Å². The number of rotatable bonds is 3. The van der Waals surface area contributed by atoms with Crippen molar-refractivity contribution in [1.82, 2.24) is 9.55 Å². The molecule has 0 saturated carbocycles. The van der Waals surface area contributed by atoms with E-state index in [4.69, 9.17) is 5.11 Å². The monoisotopic (exact) mass is 252 g/mol. The molecule has 0 aliphatic heterocycles. The van der Waals surface area contributed by atoms with E-state index in [1.165, 1.54) is 23.9 Å². The Morgan fingerprint density at radius 3 is 2.88 bits per heavy atom. The molecular weight excluding hydrogens is 243 g/mol. The lowest BCUT2D eigenvalue weighted by Gasteiger charge is -2.03. The maximum absolute atomic E-state index is 13.2. The van der Waals surface area contributed by atoms with Gasteiger partial charge < -0.3 is 9.67 Å². The number of hydrogen-bond acceptors (Lipinski definition) is 3. The minimum Gasteiger partial charge on any atom is -0.478 e. The highest BCUT2D eigenvalue weighted by molar-refractivity contribution is 7.99. The minimum atomic E-state index is -1.27. The molecule has 0 unspecified atom stereocenters. The van der Waals surface area contributed by atoms with Crippen molar-refractivity contribution in [2.45, 2.75) is 10.1 Å². The number of aryl methyl sites for hydroxylation is 1. The molecule has 1 heterocycles. The van der Waals surface area contributed by atoms with Crippen LogP contribution in [0.5, 0.6) is 0 Å². The first-order chi connectivity index (χ1) is 8.08. The Kier molecular flexibility index (Phi) is 3.14. The molecule has 0 aliphatic carbocycles. The van der Waals surface area contributed by atoms with Crippen LogP contribution in [-0.4, -0.2) is 20.6 Å². The number of aromatic nitrogens is 2. The lowest BCUT2D eigenvalue weighted by Crippen LogP contribution is -2.00. The number of hydrogen-bond donors (Lipinski definition) is 1. The number of halogens is 1. The van der Waals surface area contributed by atoms with Crippen molar-refractivity contribution >= 4 is 17.7 Å². The van der Waals surface area contributed by atoms with Crippen molar-refractivity contribution in [1.29, 1.82) is 0 Å². The van der Waals surface area contributed by atoms with Gasteiger partial charge in [-0.05, 0) is 18.2 Å².